The summed E-state index contributed by atoms with van der Waals surface area (Å²) in [4.78, 5) is 35.1. The summed E-state index contributed by atoms with van der Waals surface area (Å²) < 4.78 is 5.18. The second-order valence-electron chi connectivity index (χ2n) is 6.19. The molecule has 9 heteroatoms. The van der Waals surface area contributed by atoms with Crippen molar-refractivity contribution < 1.29 is 34.4 Å². The van der Waals surface area contributed by atoms with Gasteiger partial charge < -0.3 is 35.0 Å². The maximum atomic E-state index is 11.9. The van der Waals surface area contributed by atoms with E-state index in [2.05, 4.69) is 5.32 Å². The smallest absolute Gasteiger partial charge is 0.339 e. The number of aldehydes is 1. The van der Waals surface area contributed by atoms with Gasteiger partial charge >= 0.3 is 5.63 Å². The summed E-state index contributed by atoms with van der Waals surface area (Å²) >= 11 is 0. The number of benzene rings is 1. The lowest BCUT2D eigenvalue weighted by Crippen LogP contribution is -2.49. The molecule has 4 atom stereocenters. The number of carbonyl (C=O) groups is 2. The van der Waals surface area contributed by atoms with E-state index in [1.54, 1.807) is 0 Å². The van der Waals surface area contributed by atoms with Gasteiger partial charge in [-0.2, -0.15) is 0 Å². The van der Waals surface area contributed by atoms with Crippen LogP contribution in [0.5, 0.6) is 0 Å². The molecule has 27 heavy (non-hydrogen) atoms. The minimum Gasteiger partial charge on any atom is -0.422 e. The Morgan fingerprint density at radius 1 is 1.26 bits per heavy atom. The third-order valence-corrected chi connectivity index (χ3v) is 4.27. The second kappa shape index (κ2) is 8.40. The Morgan fingerprint density at radius 2 is 1.93 bits per heavy atom. The fourth-order valence-corrected chi connectivity index (χ4v) is 2.78. The minimum absolute atomic E-state index is 0.107. The third-order valence-electron chi connectivity index (χ3n) is 4.27. The number of nitrogens with one attached hydrogen (secondary N) is 1. The molecule has 0 aliphatic rings. The van der Waals surface area contributed by atoms with Crippen LogP contribution >= 0.6 is 0 Å². The van der Waals surface area contributed by atoms with Crippen molar-refractivity contribution in [2.45, 2.75) is 38.2 Å². The molecule has 0 unspecified atom stereocenters. The van der Waals surface area contributed by atoms with Gasteiger partial charge in [0.1, 0.15) is 36.2 Å². The maximum Gasteiger partial charge on any atom is 0.339 e. The van der Waals surface area contributed by atoms with Crippen LogP contribution in [0.1, 0.15) is 22.8 Å². The van der Waals surface area contributed by atoms with E-state index in [0.717, 1.165) is 0 Å². The van der Waals surface area contributed by atoms with E-state index in [0.29, 0.717) is 11.7 Å². The molecule has 1 aromatic heterocycles. The van der Waals surface area contributed by atoms with Gasteiger partial charge in [0.15, 0.2) is 5.78 Å². The van der Waals surface area contributed by atoms with E-state index in [9.17, 15) is 29.7 Å². The molecule has 9 nitrogen and oxygen atoms in total. The number of ketones is 1. The van der Waals surface area contributed by atoms with Gasteiger partial charge in [0.2, 0.25) is 0 Å². The molecule has 0 fully saturated rings. The Labute approximate surface area is 153 Å². The summed E-state index contributed by atoms with van der Waals surface area (Å²) in [6.07, 6.45) is -4.77. The van der Waals surface area contributed by atoms with E-state index in [4.69, 9.17) is 9.52 Å². The van der Waals surface area contributed by atoms with Gasteiger partial charge in [-0.15, -0.1) is 0 Å². The summed E-state index contributed by atoms with van der Waals surface area (Å²) in [5.41, 5.74) is 0.138. The molecular formula is C18H21NO8. The van der Waals surface area contributed by atoms with Crippen LogP contribution in [-0.4, -0.2) is 63.5 Å². The van der Waals surface area contributed by atoms with Crippen molar-refractivity contribution in [1.82, 2.24) is 0 Å². The number of rotatable bonds is 8. The summed E-state index contributed by atoms with van der Waals surface area (Å²) in [5.74, 6) is -0.298. The number of fused-ring (bicyclic) bond motifs is 1. The van der Waals surface area contributed by atoms with Crippen LogP contribution in [0, 0.1) is 6.92 Å². The molecule has 0 saturated heterocycles. The van der Waals surface area contributed by atoms with E-state index in [1.165, 1.54) is 32.0 Å². The molecule has 0 spiro atoms. The molecule has 5 N–H and O–H groups in total. The zero-order valence-corrected chi connectivity index (χ0v) is 14.7. The number of hydrogen-bond donors (Lipinski definition) is 5. The molecule has 0 amide bonds. The Morgan fingerprint density at radius 3 is 2.48 bits per heavy atom. The SMILES string of the molecule is CC(=O)c1c(C)c(=O)oc2cc(N[C@H](C=O)[C@H](O)[C@@H](O)[C@@H](O)CO)ccc12. The Kier molecular flexibility index (Phi) is 6.45. The van der Waals surface area contributed by atoms with Gasteiger partial charge in [-0.25, -0.2) is 4.79 Å². The number of aliphatic hydroxyl groups is 4. The van der Waals surface area contributed by atoms with Gasteiger partial charge in [0.25, 0.3) is 0 Å². The summed E-state index contributed by atoms with van der Waals surface area (Å²) in [6, 6.07) is 3.09. The molecule has 0 aliphatic carbocycles. The predicted octanol–water partition coefficient (Wildman–Crippen LogP) is -0.642. The molecule has 1 heterocycles. The molecule has 0 saturated carbocycles. The summed E-state index contributed by atoms with van der Waals surface area (Å²) in [7, 11) is 0. The first-order valence-corrected chi connectivity index (χ1v) is 8.16. The van der Waals surface area contributed by atoms with E-state index >= 15 is 0 Å². The van der Waals surface area contributed by atoms with Crippen LogP contribution in [0.3, 0.4) is 0 Å². The predicted molar refractivity (Wildman–Crippen MR) is 95.8 cm³/mol. The van der Waals surface area contributed by atoms with Crippen molar-refractivity contribution in [2.75, 3.05) is 11.9 Å². The zero-order valence-electron chi connectivity index (χ0n) is 14.7. The number of Topliss-reactive ketones (excluding diaryl/α,β-unsaturated/α-hetero) is 1. The van der Waals surface area contributed by atoms with Crippen LogP contribution in [0.4, 0.5) is 5.69 Å². The average molecular weight is 379 g/mol. The van der Waals surface area contributed by atoms with Crippen molar-refractivity contribution in [3.05, 3.63) is 39.7 Å². The first kappa shape index (κ1) is 20.7. The minimum atomic E-state index is -1.76. The van der Waals surface area contributed by atoms with Gasteiger partial charge in [-0.3, -0.25) is 4.79 Å². The molecule has 146 valence electrons. The first-order chi connectivity index (χ1) is 12.7. The number of hydrogen-bond acceptors (Lipinski definition) is 9. The molecule has 0 radical (unpaired) electrons. The highest BCUT2D eigenvalue weighted by molar-refractivity contribution is 6.07. The fourth-order valence-electron chi connectivity index (χ4n) is 2.78. The van der Waals surface area contributed by atoms with Crippen molar-refractivity contribution in [1.29, 1.82) is 0 Å². The molecule has 2 rings (SSSR count). The standard InChI is InChI=1S/C18H21NO8/c1-8-15(9(2)22)11-4-3-10(5-14(11)27-18(8)26)19-12(6-20)16(24)17(25)13(23)7-21/h3-6,12-13,16-17,19,21,23-25H,7H2,1-2H3/t12-,13+,16+,17+/m1/s1. The van der Waals surface area contributed by atoms with Crippen LogP contribution in [0.2, 0.25) is 0 Å². The highest BCUT2D eigenvalue weighted by Crippen LogP contribution is 2.24. The third kappa shape index (κ3) is 4.22. The highest BCUT2D eigenvalue weighted by Gasteiger charge is 2.31. The van der Waals surface area contributed by atoms with E-state index < -0.39 is 36.6 Å². The molecule has 2 aromatic rings. The highest BCUT2D eigenvalue weighted by atomic mass is 16.4. The van der Waals surface area contributed by atoms with Gasteiger partial charge in [-0.1, -0.05) is 0 Å². The topological polar surface area (TPSA) is 157 Å². The molecule has 1 aromatic carbocycles. The van der Waals surface area contributed by atoms with Crippen LogP contribution < -0.4 is 10.9 Å². The van der Waals surface area contributed by atoms with Crippen molar-refractivity contribution in [2.24, 2.45) is 0 Å². The Hall–Kier alpha value is -2.59. The maximum absolute atomic E-state index is 11.9. The molecule has 0 bridgehead atoms. The lowest BCUT2D eigenvalue weighted by molar-refractivity contribution is -0.117. The Bertz CT molecular complexity index is 906. The van der Waals surface area contributed by atoms with Crippen LogP contribution in [0.15, 0.2) is 27.4 Å². The van der Waals surface area contributed by atoms with E-state index in [-0.39, 0.29) is 28.2 Å². The van der Waals surface area contributed by atoms with Gasteiger partial charge in [-0.05, 0) is 26.0 Å². The summed E-state index contributed by atoms with van der Waals surface area (Å²) in [6.45, 7) is 2.03. The fraction of sp³-hybridized carbons (Fsp3) is 0.389. The molecular weight excluding hydrogens is 358 g/mol. The van der Waals surface area contributed by atoms with Gasteiger partial charge in [0, 0.05) is 28.3 Å². The normalized spacial score (nSPS) is 15.8. The lowest BCUT2D eigenvalue weighted by Gasteiger charge is -2.26. The first-order valence-electron chi connectivity index (χ1n) is 8.16. The Balaban J connectivity index is 2.39. The van der Waals surface area contributed by atoms with Crippen LogP contribution in [0.25, 0.3) is 11.0 Å². The number of anilines is 1. The zero-order chi connectivity index (χ0) is 20.3. The average Bonchev–Trinajstić information content (AvgIpc) is 2.64. The van der Waals surface area contributed by atoms with Crippen molar-refractivity contribution >= 4 is 28.7 Å². The largest absolute Gasteiger partial charge is 0.422 e. The number of carbonyl (C=O) groups excluding carboxylic acids is 2. The monoisotopic (exact) mass is 379 g/mol. The van der Waals surface area contributed by atoms with Gasteiger partial charge in [0.05, 0.1) is 6.61 Å². The van der Waals surface area contributed by atoms with Crippen LogP contribution in [-0.2, 0) is 4.79 Å². The number of aliphatic hydroxyl groups excluding tert-OH is 4. The van der Waals surface area contributed by atoms with Crippen molar-refractivity contribution in [3.8, 4) is 0 Å². The molecule has 0 aliphatic heterocycles. The lowest BCUT2D eigenvalue weighted by atomic mass is 10.0. The summed E-state index contributed by atoms with van der Waals surface area (Å²) in [5, 5.41) is 41.1. The van der Waals surface area contributed by atoms with E-state index in [1.807, 2.05) is 0 Å². The quantitative estimate of drug-likeness (QED) is 0.228. The van der Waals surface area contributed by atoms with Crippen molar-refractivity contribution in [3.63, 3.8) is 0 Å². The second-order valence-corrected chi connectivity index (χ2v) is 6.19.